The minimum absolute atomic E-state index is 0.134. The summed E-state index contributed by atoms with van der Waals surface area (Å²) in [6.07, 6.45) is 2.84. The molecule has 1 N–H and O–H groups in total. The molecule has 3 rings (SSSR count). The number of para-hydroxylation sites is 2. The first-order valence-electron chi connectivity index (χ1n) is 10.4. The van der Waals surface area contributed by atoms with E-state index in [4.69, 9.17) is 25.8 Å². The summed E-state index contributed by atoms with van der Waals surface area (Å²) >= 11 is 6.22. The van der Waals surface area contributed by atoms with Gasteiger partial charge in [-0.25, -0.2) is 4.79 Å². The van der Waals surface area contributed by atoms with Gasteiger partial charge < -0.3 is 24.4 Å². The molecule has 0 bridgehead atoms. The Hall–Kier alpha value is -3.52. The molecule has 2 aromatic rings. The molecular formula is C24H25ClN2O6. The lowest BCUT2D eigenvalue weighted by Crippen LogP contribution is -2.41. The van der Waals surface area contributed by atoms with Crippen molar-refractivity contribution in [3.05, 3.63) is 53.1 Å². The van der Waals surface area contributed by atoms with E-state index in [-0.39, 0.29) is 12.3 Å². The van der Waals surface area contributed by atoms with E-state index in [9.17, 15) is 14.4 Å². The van der Waals surface area contributed by atoms with Gasteiger partial charge >= 0.3 is 5.97 Å². The highest BCUT2D eigenvalue weighted by molar-refractivity contribution is 6.32. The number of carbonyl (C=O) groups is 3. The van der Waals surface area contributed by atoms with Crippen molar-refractivity contribution in [3.63, 3.8) is 0 Å². The zero-order valence-corrected chi connectivity index (χ0v) is 19.3. The first-order valence-corrected chi connectivity index (χ1v) is 10.8. The van der Waals surface area contributed by atoms with Crippen LogP contribution in [-0.2, 0) is 19.1 Å². The Kier molecular flexibility index (Phi) is 7.95. The number of ether oxygens (including phenoxy) is 3. The summed E-state index contributed by atoms with van der Waals surface area (Å²) in [6, 6.07) is 9.91. The topological polar surface area (TPSA) is 94.2 Å². The highest BCUT2D eigenvalue weighted by Gasteiger charge is 2.29. The van der Waals surface area contributed by atoms with Crippen molar-refractivity contribution in [1.82, 2.24) is 0 Å². The molecule has 0 saturated carbocycles. The summed E-state index contributed by atoms with van der Waals surface area (Å²) in [4.78, 5) is 38.7. The van der Waals surface area contributed by atoms with Crippen molar-refractivity contribution in [2.45, 2.75) is 26.3 Å². The predicted octanol–water partition coefficient (Wildman–Crippen LogP) is 4.07. The number of fused-ring (bicyclic) bond motifs is 1. The van der Waals surface area contributed by atoms with Crippen molar-refractivity contribution < 1.29 is 28.6 Å². The molecule has 0 aromatic heterocycles. The minimum atomic E-state index is -0.696. The lowest BCUT2D eigenvalue weighted by molar-refractivity contribution is -0.143. The normalized spacial score (nSPS) is 15.5. The second-order valence-corrected chi connectivity index (χ2v) is 7.70. The number of hydrogen-bond donors (Lipinski definition) is 1. The average molecular weight is 473 g/mol. The minimum Gasteiger partial charge on any atom is -0.491 e. The van der Waals surface area contributed by atoms with Crippen LogP contribution in [-0.4, -0.2) is 44.1 Å². The number of esters is 1. The van der Waals surface area contributed by atoms with Crippen molar-refractivity contribution >= 4 is 46.8 Å². The number of carbonyl (C=O) groups excluding carboxylic acids is 3. The molecule has 33 heavy (non-hydrogen) atoms. The number of rotatable bonds is 7. The number of anilines is 2. The number of hydrogen-bond acceptors (Lipinski definition) is 6. The lowest BCUT2D eigenvalue weighted by Gasteiger charge is -2.27. The van der Waals surface area contributed by atoms with E-state index >= 15 is 0 Å². The van der Waals surface area contributed by atoms with Crippen LogP contribution in [0, 0.1) is 0 Å². The molecule has 174 valence electrons. The van der Waals surface area contributed by atoms with Gasteiger partial charge in [-0.05, 0) is 49.8 Å². The van der Waals surface area contributed by atoms with Crippen LogP contribution in [0.3, 0.4) is 0 Å². The number of halogens is 1. The second kappa shape index (κ2) is 10.9. The SMILES string of the molecule is CCOc1cc(/C=C/C(=O)OCC(=O)N2c3ccccc3NC(=O)CC2C)cc(Cl)c1OC. The zero-order chi connectivity index (χ0) is 24.0. The van der Waals surface area contributed by atoms with Crippen molar-refractivity contribution in [2.75, 3.05) is 30.5 Å². The molecule has 0 spiro atoms. The van der Waals surface area contributed by atoms with Crippen LogP contribution < -0.4 is 19.7 Å². The molecule has 0 aliphatic carbocycles. The smallest absolute Gasteiger partial charge is 0.331 e. The Labute approximate surface area is 197 Å². The van der Waals surface area contributed by atoms with Gasteiger partial charge in [-0.2, -0.15) is 0 Å². The van der Waals surface area contributed by atoms with E-state index in [2.05, 4.69) is 5.32 Å². The van der Waals surface area contributed by atoms with Crippen LogP contribution in [0.2, 0.25) is 5.02 Å². The van der Waals surface area contributed by atoms with Crippen LogP contribution >= 0.6 is 11.6 Å². The monoisotopic (exact) mass is 472 g/mol. The number of nitrogens with one attached hydrogen (secondary N) is 1. The van der Waals surface area contributed by atoms with Crippen LogP contribution in [0.25, 0.3) is 6.08 Å². The van der Waals surface area contributed by atoms with Gasteiger partial charge in [-0.1, -0.05) is 23.7 Å². The van der Waals surface area contributed by atoms with Crippen LogP contribution in [0.15, 0.2) is 42.5 Å². The molecule has 1 atom stereocenters. The standard InChI is InChI=1S/C24H25ClN2O6/c1-4-32-20-13-16(12-17(25)24(20)31-3)9-10-23(30)33-14-22(29)27-15(2)11-21(28)26-18-7-5-6-8-19(18)27/h5-10,12-13,15H,4,11,14H2,1-3H3,(H,26,28)/b10-9+. The van der Waals surface area contributed by atoms with E-state index in [0.717, 1.165) is 0 Å². The maximum atomic E-state index is 12.9. The first-order chi connectivity index (χ1) is 15.8. The largest absolute Gasteiger partial charge is 0.491 e. The number of nitrogens with zero attached hydrogens (tertiary/aromatic N) is 1. The molecule has 0 saturated heterocycles. The highest BCUT2D eigenvalue weighted by Crippen LogP contribution is 2.36. The summed E-state index contributed by atoms with van der Waals surface area (Å²) in [5, 5.41) is 3.12. The van der Waals surface area contributed by atoms with E-state index in [1.54, 1.807) is 43.3 Å². The molecule has 2 amide bonds. The van der Waals surface area contributed by atoms with Gasteiger partial charge in [0.15, 0.2) is 18.1 Å². The molecule has 1 heterocycles. The fraction of sp³-hybridized carbons (Fsp3) is 0.292. The van der Waals surface area contributed by atoms with Crippen LogP contribution in [0.5, 0.6) is 11.5 Å². The van der Waals surface area contributed by atoms with E-state index in [1.165, 1.54) is 24.2 Å². The molecule has 0 fully saturated rings. The molecule has 2 aromatic carbocycles. The fourth-order valence-corrected chi connectivity index (χ4v) is 3.82. The van der Waals surface area contributed by atoms with Crippen molar-refractivity contribution in [1.29, 1.82) is 0 Å². The summed E-state index contributed by atoms with van der Waals surface area (Å²) in [5.41, 5.74) is 1.70. The van der Waals surface area contributed by atoms with Gasteiger partial charge in [0.1, 0.15) is 0 Å². The Balaban J connectivity index is 1.68. The highest BCUT2D eigenvalue weighted by atomic mass is 35.5. The van der Waals surface area contributed by atoms with Gasteiger partial charge in [-0.3, -0.25) is 9.59 Å². The predicted molar refractivity (Wildman–Crippen MR) is 126 cm³/mol. The lowest BCUT2D eigenvalue weighted by atomic mass is 10.1. The maximum absolute atomic E-state index is 12.9. The molecule has 0 radical (unpaired) electrons. The fourth-order valence-electron chi connectivity index (χ4n) is 3.53. The summed E-state index contributed by atoms with van der Waals surface area (Å²) < 4.78 is 15.9. The molecule has 1 aliphatic heterocycles. The van der Waals surface area contributed by atoms with Gasteiger partial charge in [0.2, 0.25) is 5.91 Å². The number of amides is 2. The van der Waals surface area contributed by atoms with Gasteiger partial charge in [-0.15, -0.1) is 0 Å². The van der Waals surface area contributed by atoms with Crippen molar-refractivity contribution in [2.24, 2.45) is 0 Å². The summed E-state index contributed by atoms with van der Waals surface area (Å²) in [5.74, 6) is -0.455. The quantitative estimate of drug-likeness (QED) is 0.482. The summed E-state index contributed by atoms with van der Waals surface area (Å²) in [6.45, 7) is 3.55. The van der Waals surface area contributed by atoms with Gasteiger partial charge in [0.25, 0.3) is 5.91 Å². The Bertz CT molecular complexity index is 1080. The van der Waals surface area contributed by atoms with Crippen molar-refractivity contribution in [3.8, 4) is 11.5 Å². The Morgan fingerprint density at radius 3 is 2.76 bits per heavy atom. The van der Waals surface area contributed by atoms with E-state index in [0.29, 0.717) is 40.1 Å². The van der Waals surface area contributed by atoms with E-state index in [1.807, 2.05) is 6.92 Å². The Morgan fingerprint density at radius 2 is 2.03 bits per heavy atom. The molecule has 9 heteroatoms. The third kappa shape index (κ3) is 5.84. The third-order valence-corrected chi connectivity index (χ3v) is 5.19. The zero-order valence-electron chi connectivity index (χ0n) is 18.6. The van der Waals surface area contributed by atoms with Crippen LogP contribution in [0.1, 0.15) is 25.8 Å². The number of benzene rings is 2. The first kappa shape index (κ1) is 24.1. The summed E-state index contributed by atoms with van der Waals surface area (Å²) in [7, 11) is 1.49. The van der Waals surface area contributed by atoms with Gasteiger partial charge in [0, 0.05) is 18.5 Å². The Morgan fingerprint density at radius 1 is 1.27 bits per heavy atom. The number of methoxy groups -OCH3 is 1. The third-order valence-electron chi connectivity index (χ3n) is 4.91. The van der Waals surface area contributed by atoms with Gasteiger partial charge in [0.05, 0.1) is 30.1 Å². The molecule has 1 aliphatic rings. The molecule has 1 unspecified atom stereocenters. The van der Waals surface area contributed by atoms with E-state index < -0.39 is 24.5 Å². The average Bonchev–Trinajstić information content (AvgIpc) is 2.90. The molecule has 8 nitrogen and oxygen atoms in total. The maximum Gasteiger partial charge on any atom is 0.331 e. The van der Waals surface area contributed by atoms with Crippen LogP contribution in [0.4, 0.5) is 11.4 Å². The molecular weight excluding hydrogens is 448 g/mol. The second-order valence-electron chi connectivity index (χ2n) is 7.29.